The molecule has 2 aromatic heterocycles. The molecular formula is C16H23N5. The molecule has 112 valence electrons. The smallest absolute Gasteiger partial charge is 0.165 e. The molecule has 0 unspecified atom stereocenters. The number of aromatic nitrogens is 3. The molecule has 1 atom stereocenters. The fourth-order valence-electron chi connectivity index (χ4n) is 3.16. The van der Waals surface area contributed by atoms with Gasteiger partial charge in [0.05, 0.1) is 5.39 Å². The second-order valence-electron chi connectivity index (χ2n) is 6.01. The van der Waals surface area contributed by atoms with Crippen molar-refractivity contribution in [2.45, 2.75) is 39.2 Å². The largest absolute Gasteiger partial charge is 0.368 e. The molecule has 0 spiro atoms. The van der Waals surface area contributed by atoms with Crippen molar-refractivity contribution in [3.8, 4) is 0 Å². The third kappa shape index (κ3) is 2.97. The molecule has 0 aromatic carbocycles. The first-order chi connectivity index (χ1) is 10.1. The zero-order valence-corrected chi connectivity index (χ0v) is 13.1. The van der Waals surface area contributed by atoms with Gasteiger partial charge >= 0.3 is 0 Å². The lowest BCUT2D eigenvalue weighted by atomic mass is 10.0. The summed E-state index contributed by atoms with van der Waals surface area (Å²) in [6.45, 7) is 6.21. The Labute approximate surface area is 125 Å². The number of fused-ring (bicyclic) bond motifs is 1. The molecule has 1 fully saturated rings. The highest BCUT2D eigenvalue weighted by Crippen LogP contribution is 2.23. The van der Waals surface area contributed by atoms with E-state index in [1.807, 2.05) is 6.92 Å². The molecule has 21 heavy (non-hydrogen) atoms. The Bertz CT molecular complexity index is 640. The van der Waals surface area contributed by atoms with Gasteiger partial charge in [-0.2, -0.15) is 0 Å². The first-order valence-electron chi connectivity index (χ1n) is 7.68. The Balaban J connectivity index is 1.84. The van der Waals surface area contributed by atoms with Crippen molar-refractivity contribution < 1.29 is 0 Å². The van der Waals surface area contributed by atoms with Crippen molar-refractivity contribution >= 4 is 16.9 Å². The normalized spacial score (nSPS) is 19.9. The minimum Gasteiger partial charge on any atom is -0.368 e. The Morgan fingerprint density at radius 2 is 2.14 bits per heavy atom. The summed E-state index contributed by atoms with van der Waals surface area (Å²) in [6, 6.07) is 2.67. The third-order valence-electron chi connectivity index (χ3n) is 4.36. The van der Waals surface area contributed by atoms with Crippen molar-refractivity contribution in [1.82, 2.24) is 19.9 Å². The van der Waals surface area contributed by atoms with Crippen LogP contribution in [0.2, 0.25) is 0 Å². The number of rotatable bonds is 3. The van der Waals surface area contributed by atoms with E-state index >= 15 is 0 Å². The first-order valence-corrected chi connectivity index (χ1v) is 7.68. The van der Waals surface area contributed by atoms with E-state index in [0.29, 0.717) is 6.04 Å². The maximum Gasteiger partial charge on any atom is 0.165 e. The van der Waals surface area contributed by atoms with Gasteiger partial charge in [0.25, 0.3) is 0 Å². The van der Waals surface area contributed by atoms with Crippen molar-refractivity contribution in [3.05, 3.63) is 23.7 Å². The summed E-state index contributed by atoms with van der Waals surface area (Å²) in [5.74, 6) is 0.906. The van der Waals surface area contributed by atoms with Crippen LogP contribution in [0.5, 0.6) is 0 Å². The van der Waals surface area contributed by atoms with Crippen LogP contribution in [0.25, 0.3) is 11.0 Å². The van der Waals surface area contributed by atoms with Crippen LogP contribution in [-0.4, -0.2) is 46.0 Å². The fourth-order valence-corrected chi connectivity index (χ4v) is 3.16. The Hall–Kier alpha value is -1.75. The van der Waals surface area contributed by atoms with Gasteiger partial charge < -0.3 is 10.2 Å². The van der Waals surface area contributed by atoms with Crippen molar-refractivity contribution in [2.24, 2.45) is 0 Å². The topological polar surface area (TPSA) is 53.9 Å². The quantitative estimate of drug-likeness (QED) is 0.939. The molecule has 5 heteroatoms. The van der Waals surface area contributed by atoms with E-state index in [0.717, 1.165) is 29.1 Å². The fraction of sp³-hybridized carbons (Fsp3) is 0.562. The average molecular weight is 285 g/mol. The van der Waals surface area contributed by atoms with Crippen LogP contribution in [0, 0.1) is 13.8 Å². The summed E-state index contributed by atoms with van der Waals surface area (Å²) in [5.41, 5.74) is 2.95. The van der Waals surface area contributed by atoms with Crippen LogP contribution in [0.3, 0.4) is 0 Å². The van der Waals surface area contributed by atoms with Gasteiger partial charge in [-0.1, -0.05) is 6.42 Å². The number of likely N-dealkylation sites (tertiary alicyclic amines) is 1. The highest BCUT2D eigenvalue weighted by Gasteiger charge is 2.19. The van der Waals surface area contributed by atoms with Crippen LogP contribution in [0.4, 0.5) is 5.82 Å². The second kappa shape index (κ2) is 5.93. The molecule has 3 rings (SSSR count). The monoisotopic (exact) mass is 285 g/mol. The minimum absolute atomic E-state index is 0.586. The van der Waals surface area contributed by atoms with Gasteiger partial charge in [-0.15, -0.1) is 0 Å². The maximum absolute atomic E-state index is 4.51. The van der Waals surface area contributed by atoms with Gasteiger partial charge in [-0.25, -0.2) is 15.0 Å². The average Bonchev–Trinajstić information content (AvgIpc) is 2.45. The molecular weight excluding hydrogens is 262 g/mol. The summed E-state index contributed by atoms with van der Waals surface area (Å²) >= 11 is 0. The van der Waals surface area contributed by atoms with Gasteiger partial charge in [-0.3, -0.25) is 0 Å². The van der Waals surface area contributed by atoms with Gasteiger partial charge in [0.15, 0.2) is 5.65 Å². The van der Waals surface area contributed by atoms with E-state index in [4.69, 9.17) is 0 Å². The van der Waals surface area contributed by atoms with Gasteiger partial charge in [0, 0.05) is 18.3 Å². The van der Waals surface area contributed by atoms with Crippen LogP contribution >= 0.6 is 0 Å². The van der Waals surface area contributed by atoms with Crippen molar-refractivity contribution in [3.63, 3.8) is 0 Å². The number of anilines is 1. The summed E-state index contributed by atoms with van der Waals surface area (Å²) in [7, 11) is 2.21. The first kappa shape index (κ1) is 14.2. The van der Waals surface area contributed by atoms with E-state index < -0.39 is 0 Å². The van der Waals surface area contributed by atoms with E-state index in [2.05, 4.69) is 45.2 Å². The molecule has 2 aromatic rings. The number of hydrogen-bond donors (Lipinski definition) is 1. The number of nitrogens with zero attached hydrogens (tertiary/aromatic N) is 4. The summed E-state index contributed by atoms with van der Waals surface area (Å²) in [5, 5.41) is 4.56. The van der Waals surface area contributed by atoms with Crippen molar-refractivity contribution in [2.75, 3.05) is 25.5 Å². The van der Waals surface area contributed by atoms with Crippen molar-refractivity contribution in [1.29, 1.82) is 0 Å². The molecule has 0 saturated carbocycles. The highest BCUT2D eigenvalue weighted by molar-refractivity contribution is 5.89. The SMILES string of the molecule is Cc1cc(C)c2c(NC[C@H]3CCCCN3C)ncnc2n1. The second-order valence-corrected chi connectivity index (χ2v) is 6.01. The number of nitrogens with one attached hydrogen (secondary N) is 1. The zero-order valence-electron chi connectivity index (χ0n) is 13.1. The number of hydrogen-bond acceptors (Lipinski definition) is 5. The predicted molar refractivity (Wildman–Crippen MR) is 85.6 cm³/mol. The molecule has 1 aliphatic rings. The third-order valence-corrected chi connectivity index (χ3v) is 4.36. The Morgan fingerprint density at radius 3 is 2.95 bits per heavy atom. The van der Waals surface area contributed by atoms with E-state index in [9.17, 15) is 0 Å². The molecule has 1 saturated heterocycles. The molecule has 0 amide bonds. The standard InChI is InChI=1S/C16H23N5/c1-11-8-12(2)20-16-14(11)15(18-10-19-16)17-9-13-6-4-5-7-21(13)3/h8,10,13H,4-7,9H2,1-3H3,(H,17,18,19,20)/t13-/m1/s1. The summed E-state index contributed by atoms with van der Waals surface area (Å²) in [6.07, 6.45) is 5.48. The lowest BCUT2D eigenvalue weighted by Gasteiger charge is -2.32. The predicted octanol–water partition coefficient (Wildman–Crippen LogP) is 2.54. The Morgan fingerprint density at radius 1 is 1.29 bits per heavy atom. The lowest BCUT2D eigenvalue weighted by molar-refractivity contribution is 0.194. The molecule has 0 radical (unpaired) electrons. The number of likely N-dealkylation sites (N-methyl/N-ethyl adjacent to an activating group) is 1. The summed E-state index contributed by atoms with van der Waals surface area (Å²) in [4.78, 5) is 15.7. The van der Waals surface area contributed by atoms with Gasteiger partial charge in [0.2, 0.25) is 0 Å². The van der Waals surface area contributed by atoms with E-state index in [1.165, 1.54) is 31.4 Å². The van der Waals surface area contributed by atoms with E-state index in [1.54, 1.807) is 6.33 Å². The molecule has 1 N–H and O–H groups in total. The van der Waals surface area contributed by atoms with Crippen LogP contribution in [-0.2, 0) is 0 Å². The van der Waals surface area contributed by atoms with E-state index in [-0.39, 0.29) is 0 Å². The maximum atomic E-state index is 4.51. The molecule has 0 aliphatic carbocycles. The summed E-state index contributed by atoms with van der Waals surface area (Å²) < 4.78 is 0. The van der Waals surface area contributed by atoms with Crippen LogP contribution in [0.15, 0.2) is 12.4 Å². The lowest BCUT2D eigenvalue weighted by Crippen LogP contribution is -2.40. The highest BCUT2D eigenvalue weighted by atomic mass is 15.2. The molecule has 1 aliphatic heterocycles. The number of aryl methyl sites for hydroxylation is 2. The number of piperidine rings is 1. The Kier molecular flexibility index (Phi) is 4.01. The van der Waals surface area contributed by atoms with Crippen LogP contribution in [0.1, 0.15) is 30.5 Å². The van der Waals surface area contributed by atoms with Gasteiger partial charge in [0.1, 0.15) is 12.1 Å². The van der Waals surface area contributed by atoms with Gasteiger partial charge in [-0.05, 0) is 51.9 Å². The number of pyridine rings is 1. The molecule has 5 nitrogen and oxygen atoms in total. The van der Waals surface area contributed by atoms with Crippen LogP contribution < -0.4 is 5.32 Å². The molecule has 3 heterocycles. The minimum atomic E-state index is 0.586. The molecule has 0 bridgehead atoms. The zero-order chi connectivity index (χ0) is 14.8.